The summed E-state index contributed by atoms with van der Waals surface area (Å²) in [5.74, 6) is -0.578. The molecule has 5 atom stereocenters. The number of hydrogen-bond acceptors (Lipinski definition) is 11. The zero-order valence-electron chi connectivity index (χ0n) is 27.5. The van der Waals surface area contributed by atoms with Crippen LogP contribution in [0.4, 0.5) is 0 Å². The van der Waals surface area contributed by atoms with Gasteiger partial charge in [0.2, 0.25) is 0 Å². The van der Waals surface area contributed by atoms with Gasteiger partial charge in [-0.25, -0.2) is 19.0 Å². The predicted octanol–water partition coefficient (Wildman–Crippen LogP) is 4.48. The Labute approximate surface area is 273 Å². The molecule has 1 aromatic heterocycles. The number of nitrogens with one attached hydrogen (secondary N) is 1. The zero-order valence-corrected chi connectivity index (χ0v) is 29.2. The summed E-state index contributed by atoms with van der Waals surface area (Å²) < 4.78 is 44.4. The first-order chi connectivity index (χ1) is 21.6. The first kappa shape index (κ1) is 37.9. The Morgan fingerprint density at radius 2 is 1.80 bits per heavy atom. The summed E-state index contributed by atoms with van der Waals surface area (Å²) >= 11 is 1.06. The molecule has 5 unspecified atom stereocenters. The van der Waals surface area contributed by atoms with Gasteiger partial charge in [0, 0.05) is 29.3 Å². The number of esters is 1. The summed E-state index contributed by atoms with van der Waals surface area (Å²) in [5.41, 5.74) is -0.733. The molecule has 1 aromatic carbocycles. The Morgan fingerprint density at radius 1 is 1.11 bits per heavy atom. The van der Waals surface area contributed by atoms with Crippen LogP contribution in [0.3, 0.4) is 0 Å². The molecule has 0 spiro atoms. The van der Waals surface area contributed by atoms with Gasteiger partial charge >= 0.3 is 19.4 Å². The Bertz CT molecular complexity index is 1470. The van der Waals surface area contributed by atoms with E-state index < -0.39 is 48.8 Å². The van der Waals surface area contributed by atoms with Crippen LogP contribution in [0.15, 0.2) is 52.2 Å². The highest BCUT2D eigenvalue weighted by atomic mass is 32.2. The first-order valence-electron chi connectivity index (χ1n) is 15.2. The fourth-order valence-electron chi connectivity index (χ4n) is 4.46. The molecule has 0 bridgehead atoms. The van der Waals surface area contributed by atoms with E-state index in [1.807, 2.05) is 37.3 Å². The van der Waals surface area contributed by atoms with Gasteiger partial charge in [-0.15, -0.1) is 0 Å². The highest BCUT2D eigenvalue weighted by Gasteiger charge is 2.38. The third-order valence-corrected chi connectivity index (χ3v) is 9.79. The number of hydrogen-bond donors (Lipinski definition) is 1. The van der Waals surface area contributed by atoms with Crippen molar-refractivity contribution in [1.82, 2.24) is 14.2 Å². The number of benzene rings is 1. The second-order valence-corrected chi connectivity index (χ2v) is 15.3. The largest absolute Gasteiger partial charge is 0.462 e. The summed E-state index contributed by atoms with van der Waals surface area (Å²) in [6.07, 6.45) is 0.139. The highest BCUT2D eigenvalue weighted by molar-refractivity contribution is 8.13. The van der Waals surface area contributed by atoms with Gasteiger partial charge in [-0.1, -0.05) is 69.8 Å². The molecular formula is C31H46N3O10PS. The second kappa shape index (κ2) is 17.0. The van der Waals surface area contributed by atoms with Crippen LogP contribution in [0.1, 0.15) is 66.7 Å². The van der Waals surface area contributed by atoms with E-state index >= 15 is 0 Å². The van der Waals surface area contributed by atoms with Gasteiger partial charge in [0.15, 0.2) is 5.12 Å². The topological polar surface area (TPSA) is 153 Å². The average Bonchev–Trinajstić information content (AvgIpc) is 3.35. The van der Waals surface area contributed by atoms with Crippen LogP contribution in [0.5, 0.6) is 0 Å². The summed E-state index contributed by atoms with van der Waals surface area (Å²) in [6, 6.07) is 9.65. The highest BCUT2D eigenvalue weighted by Crippen LogP contribution is 2.46. The SMILES string of the molecule is CC(C)OC(=O)C(C)NP(=O)(OCCSC(=O)C(C)(C)C)OCC1CC(C)C(n2ccc(=O)n(COCc3ccccc3)c2=O)O1. The van der Waals surface area contributed by atoms with E-state index in [1.165, 1.54) is 23.8 Å². The number of ether oxygens (including phenoxy) is 3. The van der Waals surface area contributed by atoms with Crippen LogP contribution in [0.2, 0.25) is 0 Å². The molecule has 0 radical (unpaired) electrons. The smallest absolute Gasteiger partial charge is 0.406 e. The molecule has 1 saturated heterocycles. The van der Waals surface area contributed by atoms with Gasteiger partial charge in [0.05, 0.1) is 32.0 Å². The molecule has 0 amide bonds. The van der Waals surface area contributed by atoms with Crippen molar-refractivity contribution in [2.75, 3.05) is 19.0 Å². The van der Waals surface area contributed by atoms with E-state index in [0.29, 0.717) is 6.42 Å². The van der Waals surface area contributed by atoms with Crippen molar-refractivity contribution < 1.29 is 37.4 Å². The van der Waals surface area contributed by atoms with E-state index in [1.54, 1.807) is 34.6 Å². The van der Waals surface area contributed by atoms with Crippen molar-refractivity contribution in [2.45, 2.75) is 92.7 Å². The monoisotopic (exact) mass is 683 g/mol. The normalized spacial score (nSPS) is 20.4. The van der Waals surface area contributed by atoms with E-state index in [4.69, 9.17) is 23.3 Å². The van der Waals surface area contributed by atoms with Crippen molar-refractivity contribution in [3.05, 3.63) is 69.0 Å². The van der Waals surface area contributed by atoms with Gasteiger partial charge in [0.25, 0.3) is 5.56 Å². The summed E-state index contributed by atoms with van der Waals surface area (Å²) in [4.78, 5) is 50.5. The number of carbonyl (C=O) groups is 2. The molecule has 2 aromatic rings. The van der Waals surface area contributed by atoms with E-state index in [-0.39, 0.29) is 49.4 Å². The zero-order chi connectivity index (χ0) is 34.1. The molecule has 0 saturated carbocycles. The molecule has 1 aliphatic rings. The summed E-state index contributed by atoms with van der Waals surface area (Å²) in [7, 11) is -4.09. The maximum atomic E-state index is 13.8. The lowest BCUT2D eigenvalue weighted by molar-refractivity contribution is -0.149. The number of rotatable bonds is 16. The molecule has 1 fully saturated rings. The average molecular weight is 684 g/mol. The summed E-state index contributed by atoms with van der Waals surface area (Å²) in [6.45, 7) is 11.9. The fourth-order valence-corrected chi connectivity index (χ4v) is 6.87. The molecule has 2 heterocycles. The number of nitrogens with zero attached hydrogens (tertiary/aromatic N) is 2. The minimum absolute atomic E-state index is 0.0441. The van der Waals surface area contributed by atoms with E-state index in [0.717, 1.165) is 21.9 Å². The molecule has 0 aliphatic carbocycles. The molecule has 13 nitrogen and oxygen atoms in total. The number of thioether (sulfide) groups is 1. The lowest BCUT2D eigenvalue weighted by atomic mass is 10.00. The Morgan fingerprint density at radius 3 is 2.46 bits per heavy atom. The van der Waals surface area contributed by atoms with Crippen LogP contribution in [-0.2, 0) is 50.7 Å². The Kier molecular flexibility index (Phi) is 14.0. The molecular weight excluding hydrogens is 637 g/mol. The van der Waals surface area contributed by atoms with Crippen LogP contribution in [0.25, 0.3) is 0 Å². The van der Waals surface area contributed by atoms with Crippen molar-refractivity contribution >= 4 is 30.6 Å². The van der Waals surface area contributed by atoms with Crippen molar-refractivity contribution in [3.63, 3.8) is 0 Å². The van der Waals surface area contributed by atoms with E-state index in [9.17, 15) is 23.7 Å². The quantitative estimate of drug-likeness (QED) is 0.151. The lowest BCUT2D eigenvalue weighted by Gasteiger charge is -2.24. The molecule has 1 aliphatic heterocycles. The minimum atomic E-state index is -4.09. The molecule has 3 rings (SSSR count). The predicted molar refractivity (Wildman–Crippen MR) is 174 cm³/mol. The van der Waals surface area contributed by atoms with Crippen LogP contribution >= 0.6 is 19.5 Å². The van der Waals surface area contributed by atoms with Crippen molar-refractivity contribution in [2.24, 2.45) is 11.3 Å². The first-order valence-corrected chi connectivity index (χ1v) is 17.8. The van der Waals surface area contributed by atoms with Gasteiger partial charge in [-0.2, -0.15) is 0 Å². The maximum absolute atomic E-state index is 13.8. The molecule has 256 valence electrons. The van der Waals surface area contributed by atoms with Crippen LogP contribution in [-0.4, -0.2) is 57.4 Å². The van der Waals surface area contributed by atoms with Gasteiger partial charge in [-0.05, 0) is 32.8 Å². The molecule has 1 N–H and O–H groups in total. The third-order valence-electron chi connectivity index (χ3n) is 6.83. The van der Waals surface area contributed by atoms with Crippen LogP contribution < -0.4 is 16.3 Å². The lowest BCUT2D eigenvalue weighted by Crippen LogP contribution is -2.41. The Balaban J connectivity index is 1.66. The Hall–Kier alpha value is -2.58. The summed E-state index contributed by atoms with van der Waals surface area (Å²) in [5, 5.41) is 2.58. The maximum Gasteiger partial charge on any atom is 0.406 e. The standard InChI is InChI=1S/C31H46N3O10PS/c1-21(2)43-28(36)23(4)32-45(39,41-15-16-46-29(37)31(5,6)7)42-19-25-17-22(3)27(44-25)33-14-13-26(35)34(30(33)38)20-40-18-24-11-9-8-10-12-24/h8-14,21-23,25,27H,15-20H2,1-7H3,(H,32,39). The minimum Gasteiger partial charge on any atom is -0.462 e. The van der Waals surface area contributed by atoms with Crippen molar-refractivity contribution in [3.8, 4) is 0 Å². The molecule has 46 heavy (non-hydrogen) atoms. The van der Waals surface area contributed by atoms with Gasteiger partial charge in [0.1, 0.15) is 19.0 Å². The van der Waals surface area contributed by atoms with Crippen LogP contribution in [0, 0.1) is 11.3 Å². The number of aromatic nitrogens is 2. The van der Waals surface area contributed by atoms with Gasteiger partial charge < -0.3 is 14.2 Å². The second-order valence-electron chi connectivity index (χ2n) is 12.4. The van der Waals surface area contributed by atoms with E-state index in [2.05, 4.69) is 5.09 Å². The fraction of sp³-hybridized carbons (Fsp3) is 0.613. The molecule has 15 heteroatoms. The number of carbonyl (C=O) groups excluding carboxylic acids is 2. The third kappa shape index (κ3) is 11.3. The van der Waals surface area contributed by atoms with Crippen molar-refractivity contribution in [1.29, 1.82) is 0 Å². The van der Waals surface area contributed by atoms with Gasteiger partial charge in [-0.3, -0.25) is 28.0 Å².